The van der Waals surface area contributed by atoms with E-state index in [1.165, 1.54) is 0 Å². The lowest BCUT2D eigenvalue weighted by molar-refractivity contribution is -0.135. The Morgan fingerprint density at radius 2 is 2.40 bits per heavy atom. The van der Waals surface area contributed by atoms with Gasteiger partial charge in [0, 0.05) is 6.54 Å². The Kier molecular flexibility index (Phi) is 2.64. The van der Waals surface area contributed by atoms with Crippen molar-refractivity contribution in [2.45, 2.75) is 6.54 Å². The highest BCUT2D eigenvalue weighted by molar-refractivity contribution is 5.75. The number of hydrogen-bond donors (Lipinski definition) is 3. The lowest BCUT2D eigenvalue weighted by Gasteiger charge is -2.01. The summed E-state index contributed by atoms with van der Waals surface area (Å²) in [6.45, 7) is 0.516. The van der Waals surface area contributed by atoms with E-state index in [-0.39, 0.29) is 6.54 Å². The van der Waals surface area contributed by atoms with Crippen LogP contribution in [0.2, 0.25) is 0 Å². The van der Waals surface area contributed by atoms with Gasteiger partial charge in [-0.3, -0.25) is 4.79 Å². The molecule has 2 aromatic rings. The van der Waals surface area contributed by atoms with E-state index >= 15 is 0 Å². The standard InChI is InChI=1S/C10H11N3O2/c14-10(15)5-11-4-7-1-2-8-9(3-7)13-6-12-8/h1-3,6,11H,4-5H2,(H,12,13)(H,14,15). The van der Waals surface area contributed by atoms with Crippen LogP contribution in [0, 0.1) is 0 Å². The van der Waals surface area contributed by atoms with E-state index in [1.807, 2.05) is 18.2 Å². The number of hydrogen-bond acceptors (Lipinski definition) is 3. The van der Waals surface area contributed by atoms with Gasteiger partial charge in [0.15, 0.2) is 0 Å². The molecule has 1 aromatic carbocycles. The second-order valence-electron chi connectivity index (χ2n) is 3.25. The van der Waals surface area contributed by atoms with Gasteiger partial charge in [-0.15, -0.1) is 0 Å². The molecule has 0 bridgehead atoms. The van der Waals surface area contributed by atoms with Crippen LogP contribution >= 0.6 is 0 Å². The van der Waals surface area contributed by atoms with Gasteiger partial charge in [0.2, 0.25) is 0 Å². The maximum absolute atomic E-state index is 10.3. The fourth-order valence-electron chi connectivity index (χ4n) is 1.41. The predicted molar refractivity (Wildman–Crippen MR) is 55.4 cm³/mol. The summed E-state index contributed by atoms with van der Waals surface area (Å²) in [5.74, 6) is -0.849. The zero-order valence-electron chi connectivity index (χ0n) is 8.03. The molecule has 0 spiro atoms. The molecule has 0 aliphatic heterocycles. The number of rotatable bonds is 4. The van der Waals surface area contributed by atoms with Gasteiger partial charge in [-0.25, -0.2) is 4.98 Å². The molecule has 3 N–H and O–H groups in total. The third-order valence-corrected chi connectivity index (χ3v) is 2.09. The van der Waals surface area contributed by atoms with E-state index in [4.69, 9.17) is 5.11 Å². The monoisotopic (exact) mass is 205 g/mol. The SMILES string of the molecule is O=C(O)CNCc1ccc2nc[nH]c2c1. The van der Waals surface area contributed by atoms with Crippen LogP contribution in [0.1, 0.15) is 5.56 Å². The molecule has 0 amide bonds. The van der Waals surface area contributed by atoms with Gasteiger partial charge >= 0.3 is 5.97 Å². The van der Waals surface area contributed by atoms with Crippen molar-refractivity contribution in [1.29, 1.82) is 0 Å². The Labute approximate surface area is 86.1 Å². The Hall–Kier alpha value is -1.88. The number of nitrogens with one attached hydrogen (secondary N) is 2. The quantitative estimate of drug-likeness (QED) is 0.687. The number of carboxylic acid groups (broad SMARTS) is 1. The normalized spacial score (nSPS) is 10.7. The molecule has 0 unspecified atom stereocenters. The summed E-state index contributed by atoms with van der Waals surface area (Å²) in [5.41, 5.74) is 2.91. The number of aliphatic carboxylic acids is 1. The fraction of sp³-hybridized carbons (Fsp3) is 0.200. The molecule has 2 rings (SSSR count). The average Bonchev–Trinajstić information content (AvgIpc) is 2.64. The predicted octanol–water partition coefficient (Wildman–Crippen LogP) is 0.737. The van der Waals surface area contributed by atoms with Crippen molar-refractivity contribution in [3.05, 3.63) is 30.1 Å². The molecule has 78 valence electrons. The molecule has 0 radical (unpaired) electrons. The molecule has 1 aromatic heterocycles. The summed E-state index contributed by atoms with van der Waals surface area (Å²) in [4.78, 5) is 17.4. The number of carboxylic acids is 1. The minimum Gasteiger partial charge on any atom is -0.480 e. The first kappa shape index (κ1) is 9.67. The number of benzene rings is 1. The summed E-state index contributed by atoms with van der Waals surface area (Å²) >= 11 is 0. The summed E-state index contributed by atoms with van der Waals surface area (Å²) in [5, 5.41) is 11.3. The third-order valence-electron chi connectivity index (χ3n) is 2.09. The molecule has 0 saturated carbocycles. The van der Waals surface area contributed by atoms with Crippen LogP contribution in [-0.2, 0) is 11.3 Å². The van der Waals surface area contributed by atoms with Crippen molar-refractivity contribution in [2.75, 3.05) is 6.54 Å². The first-order valence-corrected chi connectivity index (χ1v) is 4.60. The molecule has 15 heavy (non-hydrogen) atoms. The maximum Gasteiger partial charge on any atom is 0.317 e. The second-order valence-corrected chi connectivity index (χ2v) is 3.25. The van der Waals surface area contributed by atoms with Gasteiger partial charge in [0.25, 0.3) is 0 Å². The summed E-state index contributed by atoms with van der Waals surface area (Å²) < 4.78 is 0. The number of fused-ring (bicyclic) bond motifs is 1. The van der Waals surface area contributed by atoms with E-state index in [0.29, 0.717) is 6.54 Å². The highest BCUT2D eigenvalue weighted by Gasteiger charge is 1.99. The van der Waals surface area contributed by atoms with E-state index < -0.39 is 5.97 Å². The topological polar surface area (TPSA) is 78.0 Å². The second kappa shape index (κ2) is 4.10. The Morgan fingerprint density at radius 1 is 1.53 bits per heavy atom. The highest BCUT2D eigenvalue weighted by Crippen LogP contribution is 2.10. The van der Waals surface area contributed by atoms with E-state index in [0.717, 1.165) is 16.6 Å². The summed E-state index contributed by atoms with van der Waals surface area (Å²) in [6.07, 6.45) is 1.64. The van der Waals surface area contributed by atoms with Gasteiger partial charge in [-0.1, -0.05) is 6.07 Å². The summed E-state index contributed by atoms with van der Waals surface area (Å²) in [7, 11) is 0. The van der Waals surface area contributed by atoms with Gasteiger partial charge in [0.05, 0.1) is 23.9 Å². The molecular weight excluding hydrogens is 194 g/mol. The van der Waals surface area contributed by atoms with Crippen LogP contribution in [0.5, 0.6) is 0 Å². The molecule has 0 aliphatic carbocycles. The number of aromatic nitrogens is 2. The van der Waals surface area contributed by atoms with E-state index in [2.05, 4.69) is 15.3 Å². The first-order valence-electron chi connectivity index (χ1n) is 4.60. The zero-order chi connectivity index (χ0) is 10.7. The van der Waals surface area contributed by atoms with Gasteiger partial charge in [-0.05, 0) is 17.7 Å². The van der Waals surface area contributed by atoms with Crippen molar-refractivity contribution < 1.29 is 9.90 Å². The van der Waals surface area contributed by atoms with Crippen molar-refractivity contribution in [3.8, 4) is 0 Å². The van der Waals surface area contributed by atoms with Gasteiger partial charge in [-0.2, -0.15) is 0 Å². The lowest BCUT2D eigenvalue weighted by Crippen LogP contribution is -2.21. The zero-order valence-corrected chi connectivity index (χ0v) is 8.03. The van der Waals surface area contributed by atoms with Crippen molar-refractivity contribution >= 4 is 17.0 Å². The number of imidazole rings is 1. The average molecular weight is 205 g/mol. The van der Waals surface area contributed by atoms with E-state index in [1.54, 1.807) is 6.33 Å². The fourth-order valence-corrected chi connectivity index (χ4v) is 1.41. The van der Waals surface area contributed by atoms with Gasteiger partial charge in [0.1, 0.15) is 0 Å². The van der Waals surface area contributed by atoms with Gasteiger partial charge < -0.3 is 15.4 Å². The van der Waals surface area contributed by atoms with Crippen LogP contribution in [0.4, 0.5) is 0 Å². The molecule has 1 heterocycles. The van der Waals surface area contributed by atoms with Crippen LogP contribution in [-0.4, -0.2) is 27.6 Å². The number of H-pyrrole nitrogens is 1. The van der Waals surface area contributed by atoms with Crippen molar-refractivity contribution in [1.82, 2.24) is 15.3 Å². The molecule has 0 saturated heterocycles. The molecule has 0 fully saturated rings. The third kappa shape index (κ3) is 2.32. The first-order chi connectivity index (χ1) is 7.25. The van der Waals surface area contributed by atoms with Crippen LogP contribution in [0.3, 0.4) is 0 Å². The van der Waals surface area contributed by atoms with Crippen LogP contribution in [0.25, 0.3) is 11.0 Å². The Balaban J connectivity index is 2.04. The minimum atomic E-state index is -0.849. The van der Waals surface area contributed by atoms with E-state index in [9.17, 15) is 4.79 Å². The number of carbonyl (C=O) groups is 1. The molecule has 5 nitrogen and oxygen atoms in total. The van der Waals surface area contributed by atoms with Crippen molar-refractivity contribution in [2.24, 2.45) is 0 Å². The number of nitrogens with zero attached hydrogens (tertiary/aromatic N) is 1. The maximum atomic E-state index is 10.3. The Bertz CT molecular complexity index is 478. The lowest BCUT2D eigenvalue weighted by atomic mass is 10.2. The summed E-state index contributed by atoms with van der Waals surface area (Å²) in [6, 6.07) is 5.79. The molecular formula is C10H11N3O2. The van der Waals surface area contributed by atoms with Crippen LogP contribution in [0.15, 0.2) is 24.5 Å². The molecule has 0 atom stereocenters. The smallest absolute Gasteiger partial charge is 0.317 e. The Morgan fingerprint density at radius 3 is 3.20 bits per heavy atom. The van der Waals surface area contributed by atoms with Crippen molar-refractivity contribution in [3.63, 3.8) is 0 Å². The number of aromatic amines is 1. The minimum absolute atomic E-state index is 0.0268. The molecule has 0 aliphatic rings. The largest absolute Gasteiger partial charge is 0.480 e. The van der Waals surface area contributed by atoms with Crippen LogP contribution < -0.4 is 5.32 Å². The molecule has 5 heteroatoms. The highest BCUT2D eigenvalue weighted by atomic mass is 16.4.